The molecule has 0 bridgehead atoms. The zero-order chi connectivity index (χ0) is 16.8. The molecule has 22 heavy (non-hydrogen) atoms. The largest absolute Gasteiger partial charge is 0.459 e. The molecule has 1 fully saturated rings. The second-order valence-corrected chi connectivity index (χ2v) is 4.80. The molecule has 1 heterocycles. The van der Waals surface area contributed by atoms with Crippen molar-refractivity contribution in [1.82, 2.24) is 0 Å². The summed E-state index contributed by atoms with van der Waals surface area (Å²) in [6.45, 7) is 15.5. The maximum Gasteiger partial charge on any atom is 0.333 e. The first kappa shape index (κ1) is 20.1. The molecule has 0 aliphatic carbocycles. The van der Waals surface area contributed by atoms with Crippen molar-refractivity contribution in [1.29, 1.82) is 0 Å². The summed E-state index contributed by atoms with van der Waals surface area (Å²) in [7, 11) is 0. The maximum absolute atomic E-state index is 10.7. The van der Waals surface area contributed by atoms with Gasteiger partial charge in [-0.25, -0.2) is 4.79 Å². The number of benzene rings is 1. The van der Waals surface area contributed by atoms with E-state index in [-0.39, 0.29) is 12.1 Å². The van der Waals surface area contributed by atoms with Crippen molar-refractivity contribution in [3.63, 3.8) is 0 Å². The molecule has 1 aliphatic heterocycles. The van der Waals surface area contributed by atoms with Crippen LogP contribution in [-0.2, 0) is 14.3 Å². The molecule has 0 aromatic heterocycles. The first-order chi connectivity index (χ1) is 10.5. The van der Waals surface area contributed by atoms with Gasteiger partial charge in [-0.15, -0.1) is 0 Å². The van der Waals surface area contributed by atoms with Crippen LogP contribution in [-0.4, -0.2) is 25.3 Å². The normalized spacial score (nSPS) is 14.4. The highest BCUT2D eigenvalue weighted by Gasteiger charge is 2.24. The lowest BCUT2D eigenvalue weighted by atomic mass is 10.2. The third-order valence-corrected chi connectivity index (χ3v) is 2.54. The molecule has 1 aromatic carbocycles. The third kappa shape index (κ3) is 11.9. The van der Waals surface area contributed by atoms with E-state index in [2.05, 4.69) is 27.0 Å². The quantitative estimate of drug-likeness (QED) is 0.458. The van der Waals surface area contributed by atoms with Crippen molar-refractivity contribution in [3.8, 4) is 0 Å². The van der Waals surface area contributed by atoms with Gasteiger partial charge < -0.3 is 9.47 Å². The molecule has 0 saturated carbocycles. The van der Waals surface area contributed by atoms with Crippen LogP contribution in [0.3, 0.4) is 0 Å². The minimum absolute atomic E-state index is 0.142. The number of epoxide rings is 1. The topological polar surface area (TPSA) is 38.8 Å². The summed E-state index contributed by atoms with van der Waals surface area (Å²) in [5, 5.41) is 0. The number of esters is 1. The van der Waals surface area contributed by atoms with Gasteiger partial charge in [0.2, 0.25) is 0 Å². The Morgan fingerprint density at radius 1 is 1.41 bits per heavy atom. The second kappa shape index (κ2) is 12.8. The van der Waals surface area contributed by atoms with Crippen LogP contribution in [0.4, 0.5) is 0 Å². The Morgan fingerprint density at radius 2 is 1.95 bits per heavy atom. The van der Waals surface area contributed by atoms with E-state index in [4.69, 9.17) is 9.47 Å². The molecule has 1 unspecified atom stereocenters. The van der Waals surface area contributed by atoms with Crippen LogP contribution < -0.4 is 0 Å². The van der Waals surface area contributed by atoms with Crippen molar-refractivity contribution in [3.05, 3.63) is 61.5 Å². The molecule has 0 N–H and O–H groups in total. The summed E-state index contributed by atoms with van der Waals surface area (Å²) in [5.41, 5.74) is 1.60. The smallest absolute Gasteiger partial charge is 0.333 e. The summed E-state index contributed by atoms with van der Waals surface area (Å²) in [6.07, 6.45) is 4.25. The highest BCUT2D eigenvalue weighted by atomic mass is 16.6. The average molecular weight is 303 g/mol. The Hall–Kier alpha value is -1.87. The summed E-state index contributed by atoms with van der Waals surface area (Å²) < 4.78 is 9.60. The molecule has 1 aromatic rings. The SMILES string of the molecule is C=C(C)C(=O)OCC1CO1.C=Cc1ccccc1.[CH2]CCC. The Bertz CT molecular complexity index is 431. The van der Waals surface area contributed by atoms with Crippen LogP contribution in [0.5, 0.6) is 0 Å². The Labute approximate surface area is 134 Å². The zero-order valence-corrected chi connectivity index (χ0v) is 13.7. The van der Waals surface area contributed by atoms with Crippen LogP contribution in [0, 0.1) is 6.92 Å². The van der Waals surface area contributed by atoms with Crippen molar-refractivity contribution >= 4 is 12.0 Å². The number of hydrogen-bond donors (Lipinski definition) is 0. The van der Waals surface area contributed by atoms with Crippen LogP contribution in [0.1, 0.15) is 32.3 Å². The summed E-state index contributed by atoms with van der Waals surface area (Å²) in [5.74, 6) is -0.337. The fourth-order valence-corrected chi connectivity index (χ4v) is 1.05. The minimum Gasteiger partial charge on any atom is -0.459 e. The van der Waals surface area contributed by atoms with Gasteiger partial charge in [0.05, 0.1) is 6.61 Å². The van der Waals surface area contributed by atoms with Gasteiger partial charge >= 0.3 is 5.97 Å². The van der Waals surface area contributed by atoms with Crippen LogP contribution >= 0.6 is 0 Å². The van der Waals surface area contributed by atoms with Crippen molar-refractivity contribution in [2.75, 3.05) is 13.2 Å². The maximum atomic E-state index is 10.7. The van der Waals surface area contributed by atoms with Gasteiger partial charge in [0.15, 0.2) is 0 Å². The average Bonchev–Trinajstić information content (AvgIpc) is 3.38. The van der Waals surface area contributed by atoms with Crippen molar-refractivity contribution in [2.45, 2.75) is 32.8 Å². The van der Waals surface area contributed by atoms with Crippen molar-refractivity contribution < 1.29 is 14.3 Å². The zero-order valence-electron chi connectivity index (χ0n) is 13.7. The lowest BCUT2D eigenvalue weighted by molar-refractivity contribution is -0.139. The Balaban J connectivity index is 0.000000330. The standard InChI is InChI=1S/C8H8.C7H10O3.C4H9/c1-2-8-6-4-3-5-7-8;1-5(2)7(8)10-4-6-3-9-6;1-3-4-2/h2-7H,1H2;6H,1,3-4H2,2H3;1,3-4H2,2H3. The first-order valence-electron chi connectivity index (χ1n) is 7.46. The first-order valence-corrected chi connectivity index (χ1v) is 7.46. The van der Waals surface area contributed by atoms with Gasteiger partial charge in [-0.2, -0.15) is 0 Å². The van der Waals surface area contributed by atoms with Crippen LogP contribution in [0.25, 0.3) is 6.08 Å². The van der Waals surface area contributed by atoms with Gasteiger partial charge in [0.1, 0.15) is 12.7 Å². The molecule has 1 aliphatic rings. The summed E-state index contributed by atoms with van der Waals surface area (Å²) >= 11 is 0. The second-order valence-electron chi connectivity index (χ2n) is 4.80. The van der Waals surface area contributed by atoms with Crippen molar-refractivity contribution in [2.24, 2.45) is 0 Å². The van der Waals surface area contributed by atoms with E-state index in [1.54, 1.807) is 6.92 Å². The molecule has 0 amide bonds. The van der Waals surface area contributed by atoms with E-state index in [9.17, 15) is 4.79 Å². The van der Waals surface area contributed by atoms with Gasteiger partial charge in [-0.3, -0.25) is 0 Å². The number of carbonyl (C=O) groups excluding carboxylic acids is 1. The summed E-state index contributed by atoms with van der Waals surface area (Å²) in [4.78, 5) is 10.7. The van der Waals surface area contributed by atoms with E-state index in [1.165, 1.54) is 12.0 Å². The lowest BCUT2D eigenvalue weighted by Gasteiger charge is -1.99. The van der Waals surface area contributed by atoms with Crippen LogP contribution in [0.2, 0.25) is 0 Å². The molecular formula is C19H27O3. The highest BCUT2D eigenvalue weighted by molar-refractivity contribution is 5.86. The number of ether oxygens (including phenoxy) is 2. The molecule has 121 valence electrons. The number of carbonyl (C=O) groups is 1. The van der Waals surface area contributed by atoms with E-state index >= 15 is 0 Å². The lowest BCUT2D eigenvalue weighted by Crippen LogP contribution is -2.09. The fraction of sp³-hybridized carbons (Fsp3) is 0.368. The molecule has 1 atom stereocenters. The van der Waals surface area contributed by atoms with Gasteiger partial charge in [-0.05, 0) is 12.5 Å². The van der Waals surface area contributed by atoms with E-state index in [0.29, 0.717) is 18.8 Å². The monoisotopic (exact) mass is 303 g/mol. The third-order valence-electron chi connectivity index (χ3n) is 2.54. The number of hydrogen-bond acceptors (Lipinski definition) is 3. The summed E-state index contributed by atoms with van der Waals surface area (Å²) in [6, 6.07) is 10.0. The Kier molecular flexibility index (Phi) is 11.7. The van der Waals surface area contributed by atoms with E-state index < -0.39 is 0 Å². The number of rotatable bonds is 5. The molecular weight excluding hydrogens is 276 g/mol. The molecule has 1 radical (unpaired) electrons. The van der Waals surface area contributed by atoms with Gasteiger partial charge in [0.25, 0.3) is 0 Å². The van der Waals surface area contributed by atoms with E-state index in [1.807, 2.05) is 36.4 Å². The van der Waals surface area contributed by atoms with Gasteiger partial charge in [0, 0.05) is 5.57 Å². The predicted molar refractivity (Wildman–Crippen MR) is 92.3 cm³/mol. The molecule has 2 rings (SSSR count). The fourth-order valence-electron chi connectivity index (χ4n) is 1.05. The molecule has 3 nitrogen and oxygen atoms in total. The highest BCUT2D eigenvalue weighted by Crippen LogP contribution is 2.09. The van der Waals surface area contributed by atoms with E-state index in [0.717, 1.165) is 6.42 Å². The molecule has 3 heteroatoms. The molecule has 1 saturated heterocycles. The van der Waals surface area contributed by atoms with Crippen LogP contribution in [0.15, 0.2) is 49.1 Å². The van der Waals surface area contributed by atoms with Gasteiger partial charge in [-0.1, -0.05) is 76.3 Å². The molecule has 0 spiro atoms. The Morgan fingerprint density at radius 3 is 2.27 bits per heavy atom. The number of unbranched alkanes of at least 4 members (excludes halogenated alkanes) is 1. The predicted octanol–water partition coefficient (Wildman–Crippen LogP) is 4.45. The minimum atomic E-state index is -0.337.